The third-order valence-corrected chi connectivity index (χ3v) is 2.92. The number of pyridine rings is 1. The Morgan fingerprint density at radius 1 is 1.14 bits per heavy atom. The summed E-state index contributed by atoms with van der Waals surface area (Å²) in [7, 11) is 0. The average molecular weight is 305 g/mol. The number of rotatable bonds is 2. The molecule has 0 radical (unpaired) electrons. The number of halogens is 1. The quantitative estimate of drug-likeness (QED) is 0.585. The average Bonchev–Trinajstić information content (AvgIpc) is 2.43. The first-order chi connectivity index (χ1) is 9.95. The lowest BCUT2D eigenvalue weighted by Crippen LogP contribution is -2.29. The highest BCUT2D eigenvalue weighted by atomic mass is 35.5. The van der Waals surface area contributed by atoms with Gasteiger partial charge in [-0.1, -0.05) is 17.7 Å². The number of anilines is 3. The molecule has 2 aromatic rings. The predicted molar refractivity (Wildman–Crippen MR) is 82.1 cm³/mol. The molecule has 0 bridgehead atoms. The van der Waals surface area contributed by atoms with Gasteiger partial charge in [-0.2, -0.15) is 0 Å². The van der Waals surface area contributed by atoms with Gasteiger partial charge in [-0.3, -0.25) is 9.59 Å². The van der Waals surface area contributed by atoms with Crippen LogP contribution in [0.4, 0.5) is 17.2 Å². The van der Waals surface area contributed by atoms with Gasteiger partial charge < -0.3 is 16.4 Å². The largest absolute Gasteiger partial charge is 0.398 e. The highest BCUT2D eigenvalue weighted by Gasteiger charge is 2.15. The Kier molecular flexibility index (Phi) is 4.39. The van der Waals surface area contributed by atoms with E-state index in [1.165, 1.54) is 12.1 Å². The third-order valence-electron chi connectivity index (χ3n) is 2.59. The van der Waals surface area contributed by atoms with Gasteiger partial charge >= 0.3 is 11.8 Å². The second kappa shape index (κ2) is 6.23. The zero-order chi connectivity index (χ0) is 15.4. The summed E-state index contributed by atoms with van der Waals surface area (Å²) < 4.78 is 0. The lowest BCUT2D eigenvalue weighted by Gasteiger charge is -2.07. The fourth-order valence-corrected chi connectivity index (χ4v) is 1.76. The Morgan fingerprint density at radius 2 is 1.86 bits per heavy atom. The molecule has 0 aliphatic rings. The number of nitrogens with two attached hydrogens (primary N) is 1. The second-order valence-corrected chi connectivity index (χ2v) is 4.72. The van der Waals surface area contributed by atoms with Gasteiger partial charge in [0.15, 0.2) is 0 Å². The molecular weight excluding hydrogens is 292 g/mol. The molecule has 0 saturated heterocycles. The van der Waals surface area contributed by atoms with Crippen molar-refractivity contribution >= 4 is 40.6 Å². The summed E-state index contributed by atoms with van der Waals surface area (Å²) in [6.07, 6.45) is 0. The van der Waals surface area contributed by atoms with Crippen LogP contribution in [0.25, 0.3) is 0 Å². The summed E-state index contributed by atoms with van der Waals surface area (Å²) >= 11 is 5.84. The van der Waals surface area contributed by atoms with Gasteiger partial charge in [0.25, 0.3) is 0 Å². The van der Waals surface area contributed by atoms with Gasteiger partial charge in [-0.25, -0.2) is 4.98 Å². The van der Waals surface area contributed by atoms with E-state index in [9.17, 15) is 9.59 Å². The summed E-state index contributed by atoms with van der Waals surface area (Å²) in [5, 5.41) is 5.13. The number of nitrogens with one attached hydrogen (secondary N) is 2. The molecule has 21 heavy (non-hydrogen) atoms. The van der Waals surface area contributed by atoms with Crippen molar-refractivity contribution in [2.45, 2.75) is 6.92 Å². The molecule has 108 valence electrons. The Balaban J connectivity index is 2.02. The van der Waals surface area contributed by atoms with Crippen molar-refractivity contribution in [3.63, 3.8) is 0 Å². The van der Waals surface area contributed by atoms with E-state index < -0.39 is 11.8 Å². The molecule has 0 saturated carbocycles. The minimum Gasteiger partial charge on any atom is -0.398 e. The van der Waals surface area contributed by atoms with E-state index in [1.807, 2.05) is 0 Å². The Morgan fingerprint density at radius 3 is 2.52 bits per heavy atom. The zero-order valence-corrected chi connectivity index (χ0v) is 11.9. The third kappa shape index (κ3) is 3.93. The van der Waals surface area contributed by atoms with Crippen LogP contribution in [-0.2, 0) is 9.59 Å². The smallest absolute Gasteiger partial charge is 0.315 e. The summed E-state index contributed by atoms with van der Waals surface area (Å²) in [4.78, 5) is 27.6. The lowest BCUT2D eigenvalue weighted by atomic mass is 10.3. The van der Waals surface area contributed by atoms with E-state index >= 15 is 0 Å². The fourth-order valence-electron chi connectivity index (χ4n) is 1.58. The number of hydrogen-bond donors (Lipinski definition) is 3. The van der Waals surface area contributed by atoms with E-state index in [0.29, 0.717) is 22.2 Å². The summed E-state index contributed by atoms with van der Waals surface area (Å²) in [5.41, 5.74) is 7.07. The van der Waals surface area contributed by atoms with Gasteiger partial charge in [0, 0.05) is 11.4 Å². The Hall–Kier alpha value is -2.60. The maximum Gasteiger partial charge on any atom is 0.315 e. The molecule has 4 N–H and O–H groups in total. The predicted octanol–water partition coefficient (Wildman–Crippen LogP) is 2.20. The lowest BCUT2D eigenvalue weighted by molar-refractivity contribution is -0.133. The van der Waals surface area contributed by atoms with Crippen LogP contribution >= 0.6 is 11.6 Å². The molecule has 0 atom stereocenters. The molecule has 0 fully saturated rings. The summed E-state index contributed by atoms with van der Waals surface area (Å²) in [6.45, 7) is 1.78. The van der Waals surface area contributed by atoms with E-state index in [2.05, 4.69) is 15.6 Å². The van der Waals surface area contributed by atoms with Crippen LogP contribution in [0.15, 0.2) is 36.4 Å². The molecule has 0 unspecified atom stereocenters. The van der Waals surface area contributed by atoms with Crippen molar-refractivity contribution in [3.05, 3.63) is 47.1 Å². The van der Waals surface area contributed by atoms with E-state index in [1.54, 1.807) is 31.2 Å². The minimum atomic E-state index is -0.820. The maximum atomic E-state index is 11.8. The van der Waals surface area contributed by atoms with Crippen LogP contribution in [-0.4, -0.2) is 16.8 Å². The van der Waals surface area contributed by atoms with Crippen LogP contribution in [0, 0.1) is 6.92 Å². The Labute approximate surface area is 126 Å². The molecule has 1 aromatic carbocycles. The standard InChI is InChI=1S/C14H13ClN4O2/c1-8-3-2-4-12(17-8)19-14(21)13(20)18-9-5-6-11(16)10(15)7-9/h2-7H,16H2,1H3,(H,18,20)(H,17,19,21). The van der Waals surface area contributed by atoms with Crippen LogP contribution in [0.5, 0.6) is 0 Å². The van der Waals surface area contributed by atoms with Gasteiger partial charge in [0.05, 0.1) is 10.7 Å². The monoisotopic (exact) mass is 304 g/mol. The number of aromatic nitrogens is 1. The summed E-state index contributed by atoms with van der Waals surface area (Å²) in [6, 6.07) is 9.67. The molecule has 0 aliphatic carbocycles. The topological polar surface area (TPSA) is 97.1 Å². The number of nitrogen functional groups attached to an aromatic ring is 1. The molecule has 2 amide bonds. The van der Waals surface area contributed by atoms with Crippen LogP contribution < -0.4 is 16.4 Å². The molecule has 0 aliphatic heterocycles. The van der Waals surface area contributed by atoms with E-state index in [4.69, 9.17) is 17.3 Å². The number of carbonyl (C=O) groups excluding carboxylic acids is 2. The summed E-state index contributed by atoms with van der Waals surface area (Å²) in [5.74, 6) is -1.33. The number of hydrogen-bond acceptors (Lipinski definition) is 4. The zero-order valence-electron chi connectivity index (χ0n) is 11.2. The van der Waals surface area contributed by atoms with Gasteiger partial charge in [-0.15, -0.1) is 0 Å². The number of amides is 2. The van der Waals surface area contributed by atoms with Crippen molar-refractivity contribution in [2.75, 3.05) is 16.4 Å². The van der Waals surface area contributed by atoms with Crippen molar-refractivity contribution in [2.24, 2.45) is 0 Å². The maximum absolute atomic E-state index is 11.8. The molecule has 6 nitrogen and oxygen atoms in total. The number of aryl methyl sites for hydroxylation is 1. The van der Waals surface area contributed by atoms with Crippen LogP contribution in [0.3, 0.4) is 0 Å². The highest BCUT2D eigenvalue weighted by Crippen LogP contribution is 2.22. The van der Waals surface area contributed by atoms with Gasteiger partial charge in [-0.05, 0) is 37.3 Å². The van der Waals surface area contributed by atoms with E-state index in [0.717, 1.165) is 5.69 Å². The molecule has 2 rings (SSSR count). The number of carbonyl (C=O) groups is 2. The first kappa shape index (κ1) is 14.8. The first-order valence-corrected chi connectivity index (χ1v) is 6.44. The van der Waals surface area contributed by atoms with Crippen LogP contribution in [0.2, 0.25) is 5.02 Å². The van der Waals surface area contributed by atoms with E-state index in [-0.39, 0.29) is 0 Å². The van der Waals surface area contributed by atoms with Crippen molar-refractivity contribution in [1.82, 2.24) is 4.98 Å². The van der Waals surface area contributed by atoms with Gasteiger partial charge in [0.2, 0.25) is 0 Å². The van der Waals surface area contributed by atoms with Crippen molar-refractivity contribution in [1.29, 1.82) is 0 Å². The number of benzene rings is 1. The molecule has 0 spiro atoms. The molecule has 7 heteroatoms. The Bertz CT molecular complexity index is 703. The molecule has 1 heterocycles. The second-order valence-electron chi connectivity index (χ2n) is 4.31. The van der Waals surface area contributed by atoms with Crippen molar-refractivity contribution < 1.29 is 9.59 Å². The molecular formula is C14H13ClN4O2. The number of nitrogens with zero attached hydrogens (tertiary/aromatic N) is 1. The van der Waals surface area contributed by atoms with Gasteiger partial charge in [0.1, 0.15) is 5.82 Å². The highest BCUT2D eigenvalue weighted by molar-refractivity contribution is 6.43. The minimum absolute atomic E-state index is 0.300. The molecule has 1 aromatic heterocycles. The SMILES string of the molecule is Cc1cccc(NC(=O)C(=O)Nc2ccc(N)c(Cl)c2)n1. The fraction of sp³-hybridized carbons (Fsp3) is 0.0714. The normalized spacial score (nSPS) is 10.0. The van der Waals surface area contributed by atoms with Crippen molar-refractivity contribution in [3.8, 4) is 0 Å². The van der Waals surface area contributed by atoms with Crippen LogP contribution in [0.1, 0.15) is 5.69 Å². The first-order valence-electron chi connectivity index (χ1n) is 6.07.